The predicted octanol–water partition coefficient (Wildman–Crippen LogP) is 2.26. The average molecular weight is 285 g/mol. The molecule has 1 unspecified atom stereocenters. The molecule has 2 aliphatic rings. The van der Waals surface area contributed by atoms with Gasteiger partial charge in [-0.05, 0) is 36.1 Å². The summed E-state index contributed by atoms with van der Waals surface area (Å²) in [6.07, 6.45) is 6.22. The number of ether oxygens (including phenoxy) is 2. The lowest BCUT2D eigenvalue weighted by Crippen LogP contribution is -2.30. The van der Waals surface area contributed by atoms with Crippen molar-refractivity contribution in [1.29, 1.82) is 0 Å². The summed E-state index contributed by atoms with van der Waals surface area (Å²) >= 11 is 0. The number of nitrogens with one attached hydrogen (secondary N) is 1. The molecule has 2 aliphatic heterocycles. The van der Waals surface area contributed by atoms with Crippen LogP contribution in [0.1, 0.15) is 36.1 Å². The van der Waals surface area contributed by atoms with Crippen LogP contribution in [0.15, 0.2) is 24.5 Å². The van der Waals surface area contributed by atoms with Gasteiger partial charge in [0, 0.05) is 24.8 Å². The fraction of sp³-hybridized carbons (Fsp3) is 0.438. The van der Waals surface area contributed by atoms with Crippen molar-refractivity contribution in [3.8, 4) is 11.5 Å². The molecule has 1 aromatic heterocycles. The van der Waals surface area contributed by atoms with Gasteiger partial charge in [0.05, 0.1) is 12.2 Å². The Hall–Kier alpha value is -2.01. The largest absolute Gasteiger partial charge is 0.454 e. The molecule has 5 heteroatoms. The highest BCUT2D eigenvalue weighted by atomic mass is 16.7. The molecular formula is C16H19N3O2. The molecular weight excluding hydrogens is 266 g/mol. The fourth-order valence-corrected chi connectivity index (χ4v) is 3.12. The molecule has 3 heterocycles. The second-order valence-corrected chi connectivity index (χ2v) is 5.58. The number of rotatable bonds is 3. The highest BCUT2D eigenvalue weighted by Crippen LogP contribution is 2.39. The van der Waals surface area contributed by atoms with Crippen LogP contribution in [0.5, 0.6) is 11.5 Å². The van der Waals surface area contributed by atoms with Crippen molar-refractivity contribution < 1.29 is 9.47 Å². The van der Waals surface area contributed by atoms with E-state index in [-0.39, 0.29) is 6.04 Å². The Morgan fingerprint density at radius 3 is 3.05 bits per heavy atom. The maximum absolute atomic E-state index is 5.52. The summed E-state index contributed by atoms with van der Waals surface area (Å²) in [7, 11) is 0. The van der Waals surface area contributed by atoms with E-state index in [1.165, 1.54) is 16.7 Å². The number of benzene rings is 1. The van der Waals surface area contributed by atoms with Crippen LogP contribution in [-0.4, -0.2) is 23.1 Å². The number of aromatic nitrogens is 2. The van der Waals surface area contributed by atoms with Gasteiger partial charge in [-0.2, -0.15) is 5.10 Å². The van der Waals surface area contributed by atoms with Crippen LogP contribution in [0.4, 0.5) is 0 Å². The van der Waals surface area contributed by atoms with Gasteiger partial charge in [-0.1, -0.05) is 6.92 Å². The van der Waals surface area contributed by atoms with E-state index < -0.39 is 0 Å². The molecule has 5 nitrogen and oxygen atoms in total. The average Bonchev–Trinajstić information content (AvgIpc) is 3.13. The molecule has 0 saturated heterocycles. The second-order valence-electron chi connectivity index (χ2n) is 5.58. The van der Waals surface area contributed by atoms with Crippen molar-refractivity contribution in [3.05, 3.63) is 41.2 Å². The molecule has 1 N–H and O–H groups in total. The predicted molar refractivity (Wildman–Crippen MR) is 78.6 cm³/mol. The minimum atomic E-state index is 0.189. The van der Waals surface area contributed by atoms with E-state index in [1.807, 2.05) is 10.9 Å². The van der Waals surface area contributed by atoms with Gasteiger partial charge in [0.15, 0.2) is 11.5 Å². The van der Waals surface area contributed by atoms with Gasteiger partial charge in [-0.3, -0.25) is 4.68 Å². The smallest absolute Gasteiger partial charge is 0.231 e. The zero-order valence-corrected chi connectivity index (χ0v) is 12.1. The first kappa shape index (κ1) is 12.7. The number of hydrogen-bond donors (Lipinski definition) is 1. The molecule has 0 bridgehead atoms. The van der Waals surface area contributed by atoms with Crippen molar-refractivity contribution in [2.24, 2.45) is 0 Å². The van der Waals surface area contributed by atoms with E-state index in [0.29, 0.717) is 6.79 Å². The minimum absolute atomic E-state index is 0.189. The Labute approximate surface area is 123 Å². The van der Waals surface area contributed by atoms with Crippen LogP contribution in [0, 0.1) is 0 Å². The van der Waals surface area contributed by atoms with Crippen molar-refractivity contribution in [3.63, 3.8) is 0 Å². The van der Waals surface area contributed by atoms with E-state index in [9.17, 15) is 0 Å². The molecule has 0 radical (unpaired) electrons. The zero-order chi connectivity index (χ0) is 14.2. The molecule has 1 aromatic carbocycles. The summed E-state index contributed by atoms with van der Waals surface area (Å²) in [6, 6.07) is 4.43. The molecule has 0 aliphatic carbocycles. The van der Waals surface area contributed by atoms with Gasteiger partial charge >= 0.3 is 0 Å². The van der Waals surface area contributed by atoms with Gasteiger partial charge in [0.25, 0.3) is 0 Å². The lowest BCUT2D eigenvalue weighted by molar-refractivity contribution is 0.174. The summed E-state index contributed by atoms with van der Waals surface area (Å²) in [5.41, 5.74) is 3.83. The van der Waals surface area contributed by atoms with Crippen molar-refractivity contribution in [1.82, 2.24) is 15.1 Å². The molecule has 0 fully saturated rings. The Balaban J connectivity index is 1.72. The topological polar surface area (TPSA) is 48.3 Å². The van der Waals surface area contributed by atoms with E-state index in [1.54, 1.807) is 0 Å². The monoisotopic (exact) mass is 285 g/mol. The molecule has 4 rings (SSSR count). The lowest BCUT2D eigenvalue weighted by Gasteiger charge is -2.26. The normalized spacial score (nSPS) is 19.6. The maximum atomic E-state index is 5.52. The van der Waals surface area contributed by atoms with Gasteiger partial charge in [0.2, 0.25) is 6.79 Å². The first-order valence-electron chi connectivity index (χ1n) is 7.53. The molecule has 0 saturated carbocycles. The summed E-state index contributed by atoms with van der Waals surface area (Å²) in [4.78, 5) is 0. The number of aryl methyl sites for hydroxylation is 1. The summed E-state index contributed by atoms with van der Waals surface area (Å²) in [5, 5.41) is 8.04. The van der Waals surface area contributed by atoms with Crippen LogP contribution < -0.4 is 14.8 Å². The van der Waals surface area contributed by atoms with E-state index in [0.717, 1.165) is 37.4 Å². The van der Waals surface area contributed by atoms with E-state index >= 15 is 0 Å². The molecule has 0 amide bonds. The lowest BCUT2D eigenvalue weighted by atomic mass is 9.91. The summed E-state index contributed by atoms with van der Waals surface area (Å²) in [5.74, 6) is 1.72. The first-order chi connectivity index (χ1) is 10.3. The van der Waals surface area contributed by atoms with Crippen LogP contribution in [-0.2, 0) is 13.0 Å². The van der Waals surface area contributed by atoms with Gasteiger partial charge < -0.3 is 14.8 Å². The fourth-order valence-electron chi connectivity index (χ4n) is 3.12. The Bertz CT molecular complexity index is 666. The van der Waals surface area contributed by atoms with Crippen molar-refractivity contribution >= 4 is 0 Å². The summed E-state index contributed by atoms with van der Waals surface area (Å²) < 4.78 is 13.0. The van der Waals surface area contributed by atoms with Crippen LogP contribution >= 0.6 is 0 Å². The quantitative estimate of drug-likeness (QED) is 0.939. The van der Waals surface area contributed by atoms with E-state index in [2.05, 4.69) is 35.7 Å². The number of nitrogens with zero attached hydrogens (tertiary/aromatic N) is 2. The summed E-state index contributed by atoms with van der Waals surface area (Å²) in [6.45, 7) is 4.41. The van der Waals surface area contributed by atoms with Crippen molar-refractivity contribution in [2.75, 3.05) is 13.3 Å². The minimum Gasteiger partial charge on any atom is -0.454 e. The molecule has 0 spiro atoms. The third-order valence-electron chi connectivity index (χ3n) is 4.13. The highest BCUT2D eigenvalue weighted by molar-refractivity contribution is 5.52. The molecule has 110 valence electrons. The first-order valence-corrected chi connectivity index (χ1v) is 7.53. The van der Waals surface area contributed by atoms with Gasteiger partial charge in [-0.15, -0.1) is 0 Å². The molecule has 21 heavy (non-hydrogen) atoms. The van der Waals surface area contributed by atoms with Crippen LogP contribution in [0.2, 0.25) is 0 Å². The molecule has 1 atom stereocenters. The number of hydrogen-bond acceptors (Lipinski definition) is 4. The standard InChI is InChI=1S/C16H19N3O2/c1-2-5-19-9-12(8-18-19)16-13-7-15-14(20-10-21-15)6-11(13)3-4-17-16/h6-9,16-17H,2-5,10H2,1H3. The van der Waals surface area contributed by atoms with Crippen LogP contribution in [0.3, 0.4) is 0 Å². The van der Waals surface area contributed by atoms with Gasteiger partial charge in [-0.25, -0.2) is 0 Å². The third-order valence-corrected chi connectivity index (χ3v) is 4.13. The number of fused-ring (bicyclic) bond motifs is 2. The molecule has 2 aromatic rings. The second kappa shape index (κ2) is 5.07. The third kappa shape index (κ3) is 2.17. The SMILES string of the molecule is CCCn1cc(C2NCCc3cc4c(cc32)OCO4)cn1. The Kier molecular flexibility index (Phi) is 3.07. The highest BCUT2D eigenvalue weighted by Gasteiger charge is 2.26. The Morgan fingerprint density at radius 1 is 1.33 bits per heavy atom. The van der Waals surface area contributed by atoms with E-state index in [4.69, 9.17) is 9.47 Å². The van der Waals surface area contributed by atoms with Crippen molar-refractivity contribution in [2.45, 2.75) is 32.4 Å². The van der Waals surface area contributed by atoms with Gasteiger partial charge in [0.1, 0.15) is 0 Å². The Morgan fingerprint density at radius 2 is 2.19 bits per heavy atom. The maximum Gasteiger partial charge on any atom is 0.231 e. The van der Waals surface area contributed by atoms with Crippen LogP contribution in [0.25, 0.3) is 0 Å². The zero-order valence-electron chi connectivity index (χ0n) is 12.1.